The van der Waals surface area contributed by atoms with Crippen molar-refractivity contribution >= 4 is 12.2 Å². The van der Waals surface area contributed by atoms with Gasteiger partial charge >= 0.3 is 12.2 Å². The molecule has 0 atom stereocenters. The molecule has 1 rings (SSSR count). The molecule has 21 heavy (non-hydrogen) atoms. The Bertz CT molecular complexity index is 459. The van der Waals surface area contributed by atoms with Crippen LogP contribution in [0.4, 0.5) is 9.59 Å². The van der Waals surface area contributed by atoms with E-state index in [0.29, 0.717) is 6.54 Å². The molecule has 1 aromatic carbocycles. The zero-order chi connectivity index (χ0) is 15.7. The second-order valence-corrected chi connectivity index (χ2v) is 4.63. The number of rotatable bonds is 6. The van der Waals surface area contributed by atoms with Crippen molar-refractivity contribution in [2.45, 2.75) is 20.5 Å². The van der Waals surface area contributed by atoms with Crippen molar-refractivity contribution in [1.82, 2.24) is 10.2 Å². The number of likely N-dealkylation sites (N-methyl/N-ethyl adjacent to an activating group) is 1. The molecule has 6 nitrogen and oxygen atoms in total. The summed E-state index contributed by atoms with van der Waals surface area (Å²) in [7, 11) is 1.60. The molecule has 116 valence electrons. The number of hydrogen-bond acceptors (Lipinski definition) is 4. The van der Waals surface area contributed by atoms with Gasteiger partial charge < -0.3 is 19.7 Å². The first-order valence-corrected chi connectivity index (χ1v) is 6.87. The van der Waals surface area contributed by atoms with Gasteiger partial charge in [0.25, 0.3) is 0 Å². The summed E-state index contributed by atoms with van der Waals surface area (Å²) < 4.78 is 10.0. The normalized spacial score (nSPS) is 9.86. The van der Waals surface area contributed by atoms with Crippen molar-refractivity contribution in [2.24, 2.45) is 0 Å². The molecule has 0 heterocycles. The third-order valence-electron chi connectivity index (χ3n) is 2.78. The highest BCUT2D eigenvalue weighted by Gasteiger charge is 2.10. The van der Waals surface area contributed by atoms with E-state index in [9.17, 15) is 9.59 Å². The van der Waals surface area contributed by atoms with Gasteiger partial charge in [-0.2, -0.15) is 0 Å². The largest absolute Gasteiger partial charge is 0.448 e. The topological polar surface area (TPSA) is 67.9 Å². The Balaban J connectivity index is 2.24. The average molecular weight is 294 g/mol. The monoisotopic (exact) mass is 294 g/mol. The van der Waals surface area contributed by atoms with Crippen molar-refractivity contribution in [2.75, 3.05) is 26.7 Å². The lowest BCUT2D eigenvalue weighted by molar-refractivity contribution is 0.0911. The Morgan fingerprint density at radius 1 is 1.19 bits per heavy atom. The molecule has 1 N–H and O–H groups in total. The minimum absolute atomic E-state index is 0.127. The number of aryl methyl sites for hydroxylation is 1. The van der Waals surface area contributed by atoms with Crippen LogP contribution >= 0.6 is 0 Å². The first kappa shape index (κ1) is 16.8. The Morgan fingerprint density at radius 2 is 1.86 bits per heavy atom. The van der Waals surface area contributed by atoms with Gasteiger partial charge in [-0.25, -0.2) is 9.59 Å². The van der Waals surface area contributed by atoms with Gasteiger partial charge in [0, 0.05) is 13.6 Å². The van der Waals surface area contributed by atoms with Gasteiger partial charge in [0.1, 0.15) is 13.2 Å². The summed E-state index contributed by atoms with van der Waals surface area (Å²) in [6, 6.07) is 7.77. The van der Waals surface area contributed by atoms with E-state index in [1.165, 1.54) is 4.90 Å². The van der Waals surface area contributed by atoms with E-state index in [2.05, 4.69) is 5.32 Å². The van der Waals surface area contributed by atoms with Crippen LogP contribution in [0.2, 0.25) is 0 Å². The highest BCUT2D eigenvalue weighted by atomic mass is 16.6. The van der Waals surface area contributed by atoms with E-state index in [1.807, 2.05) is 31.2 Å². The van der Waals surface area contributed by atoms with Crippen molar-refractivity contribution < 1.29 is 19.1 Å². The van der Waals surface area contributed by atoms with Crippen molar-refractivity contribution in [3.63, 3.8) is 0 Å². The standard InChI is InChI=1S/C15H22N2O4/c1-4-16-14(18)20-10-9-17(3)15(19)21-11-13-7-5-12(2)6-8-13/h5-8H,4,9-11H2,1-3H3,(H,16,18). The lowest BCUT2D eigenvalue weighted by Crippen LogP contribution is -2.33. The molecule has 6 heteroatoms. The smallest absolute Gasteiger partial charge is 0.409 e. The van der Waals surface area contributed by atoms with Crippen LogP contribution in [0.5, 0.6) is 0 Å². The molecular formula is C15H22N2O4. The predicted octanol–water partition coefficient (Wildman–Crippen LogP) is 2.31. The molecular weight excluding hydrogens is 272 g/mol. The average Bonchev–Trinajstić information content (AvgIpc) is 2.46. The fourth-order valence-electron chi connectivity index (χ4n) is 1.50. The van der Waals surface area contributed by atoms with Crippen LogP contribution in [-0.4, -0.2) is 43.8 Å². The number of hydrogen-bond donors (Lipinski definition) is 1. The van der Waals surface area contributed by atoms with E-state index in [4.69, 9.17) is 9.47 Å². The minimum Gasteiger partial charge on any atom is -0.448 e. The van der Waals surface area contributed by atoms with E-state index in [-0.39, 0.29) is 19.8 Å². The summed E-state index contributed by atoms with van der Waals surface area (Å²) in [6.45, 7) is 4.94. The lowest BCUT2D eigenvalue weighted by Gasteiger charge is -2.17. The molecule has 0 fully saturated rings. The summed E-state index contributed by atoms with van der Waals surface area (Å²) in [4.78, 5) is 24.2. The van der Waals surface area contributed by atoms with E-state index in [0.717, 1.165) is 11.1 Å². The highest BCUT2D eigenvalue weighted by Crippen LogP contribution is 2.05. The summed E-state index contributed by atoms with van der Waals surface area (Å²) in [6.07, 6.45) is -0.936. The number of carbonyl (C=O) groups is 2. The second-order valence-electron chi connectivity index (χ2n) is 4.63. The Labute approximate surface area is 125 Å². The molecule has 0 saturated heterocycles. The van der Waals surface area contributed by atoms with Gasteiger partial charge in [-0.3, -0.25) is 0 Å². The van der Waals surface area contributed by atoms with Crippen LogP contribution in [0, 0.1) is 6.92 Å². The van der Waals surface area contributed by atoms with Crippen molar-refractivity contribution in [3.05, 3.63) is 35.4 Å². The van der Waals surface area contributed by atoms with Gasteiger partial charge in [0.15, 0.2) is 0 Å². The zero-order valence-corrected chi connectivity index (χ0v) is 12.7. The molecule has 0 radical (unpaired) electrons. The molecule has 1 aromatic rings. The number of nitrogens with one attached hydrogen (secondary N) is 1. The van der Waals surface area contributed by atoms with Gasteiger partial charge in [0.05, 0.1) is 6.54 Å². The quantitative estimate of drug-likeness (QED) is 0.874. The molecule has 0 aliphatic carbocycles. The van der Waals surface area contributed by atoms with Crippen LogP contribution in [-0.2, 0) is 16.1 Å². The van der Waals surface area contributed by atoms with Gasteiger partial charge in [-0.15, -0.1) is 0 Å². The number of benzene rings is 1. The fourth-order valence-corrected chi connectivity index (χ4v) is 1.50. The second kappa shape index (κ2) is 8.84. The molecule has 0 unspecified atom stereocenters. The first-order chi connectivity index (χ1) is 10.0. The molecule has 0 aromatic heterocycles. The summed E-state index contributed by atoms with van der Waals surface area (Å²) in [5.41, 5.74) is 2.09. The maximum absolute atomic E-state index is 11.7. The first-order valence-electron chi connectivity index (χ1n) is 6.87. The SMILES string of the molecule is CCNC(=O)OCCN(C)C(=O)OCc1ccc(C)cc1. The van der Waals surface area contributed by atoms with E-state index >= 15 is 0 Å². The van der Waals surface area contributed by atoms with E-state index < -0.39 is 12.2 Å². The van der Waals surface area contributed by atoms with Crippen molar-refractivity contribution in [3.8, 4) is 0 Å². The molecule has 0 spiro atoms. The Kier molecular flexibility index (Phi) is 7.08. The number of amides is 2. The molecule has 0 aliphatic rings. The van der Waals surface area contributed by atoms with Crippen molar-refractivity contribution in [1.29, 1.82) is 0 Å². The van der Waals surface area contributed by atoms with E-state index in [1.54, 1.807) is 14.0 Å². The molecule has 0 saturated carbocycles. The van der Waals surface area contributed by atoms with Crippen LogP contribution in [0.3, 0.4) is 0 Å². The van der Waals surface area contributed by atoms with Crippen LogP contribution in [0.1, 0.15) is 18.1 Å². The van der Waals surface area contributed by atoms with Crippen LogP contribution in [0.15, 0.2) is 24.3 Å². The molecule has 2 amide bonds. The Morgan fingerprint density at radius 3 is 2.48 bits per heavy atom. The summed E-state index contributed by atoms with van der Waals surface area (Å²) in [5, 5.41) is 2.50. The number of nitrogens with zero attached hydrogens (tertiary/aromatic N) is 1. The maximum Gasteiger partial charge on any atom is 0.409 e. The number of ether oxygens (including phenoxy) is 2. The minimum atomic E-state index is -0.487. The highest BCUT2D eigenvalue weighted by molar-refractivity contribution is 5.68. The fraction of sp³-hybridized carbons (Fsp3) is 0.467. The van der Waals surface area contributed by atoms with Crippen LogP contribution < -0.4 is 5.32 Å². The summed E-state index contributed by atoms with van der Waals surface area (Å²) >= 11 is 0. The molecule has 0 aliphatic heterocycles. The third-order valence-corrected chi connectivity index (χ3v) is 2.78. The number of alkyl carbamates (subject to hydrolysis) is 1. The van der Waals surface area contributed by atoms with Gasteiger partial charge in [-0.05, 0) is 19.4 Å². The van der Waals surface area contributed by atoms with Gasteiger partial charge in [0.2, 0.25) is 0 Å². The lowest BCUT2D eigenvalue weighted by atomic mass is 10.2. The Hall–Kier alpha value is -2.24. The number of carbonyl (C=O) groups excluding carboxylic acids is 2. The molecule has 0 bridgehead atoms. The maximum atomic E-state index is 11.7. The van der Waals surface area contributed by atoms with Crippen LogP contribution in [0.25, 0.3) is 0 Å². The predicted molar refractivity (Wildman–Crippen MR) is 79.0 cm³/mol. The zero-order valence-electron chi connectivity index (χ0n) is 12.7. The summed E-state index contributed by atoms with van der Waals surface area (Å²) in [5.74, 6) is 0. The van der Waals surface area contributed by atoms with Gasteiger partial charge in [-0.1, -0.05) is 29.8 Å². The third kappa shape index (κ3) is 6.65.